The molecule has 0 atom stereocenters. The fourth-order valence-corrected chi connectivity index (χ4v) is 2.98. The smallest absolute Gasteiger partial charge is 0.228 e. The molecule has 2 aromatic rings. The molecule has 1 aliphatic rings. The van der Waals surface area contributed by atoms with E-state index in [-0.39, 0.29) is 5.91 Å². The van der Waals surface area contributed by atoms with Gasteiger partial charge in [0.05, 0.1) is 13.0 Å². The van der Waals surface area contributed by atoms with Crippen LogP contribution in [0.3, 0.4) is 0 Å². The summed E-state index contributed by atoms with van der Waals surface area (Å²) >= 11 is 0. The van der Waals surface area contributed by atoms with Crippen LogP contribution in [0.4, 0.5) is 0 Å². The Bertz CT molecular complexity index is 655. The van der Waals surface area contributed by atoms with E-state index in [1.807, 2.05) is 29.2 Å². The Morgan fingerprint density at radius 2 is 2.13 bits per heavy atom. The number of benzene rings is 1. The van der Waals surface area contributed by atoms with Gasteiger partial charge in [0.25, 0.3) is 0 Å². The van der Waals surface area contributed by atoms with Gasteiger partial charge in [-0.2, -0.15) is 0 Å². The fourth-order valence-electron chi connectivity index (χ4n) is 2.98. The van der Waals surface area contributed by atoms with Crippen LogP contribution in [0.2, 0.25) is 0 Å². The van der Waals surface area contributed by atoms with Crippen LogP contribution in [0.25, 0.3) is 11.0 Å². The van der Waals surface area contributed by atoms with Gasteiger partial charge in [-0.3, -0.25) is 9.69 Å². The van der Waals surface area contributed by atoms with Crippen molar-refractivity contribution in [2.45, 2.75) is 12.8 Å². The molecular weight excluding hydrogens is 294 g/mol. The molecule has 0 spiro atoms. The molecule has 2 heterocycles. The first-order chi connectivity index (χ1) is 11.3. The van der Waals surface area contributed by atoms with E-state index in [1.165, 1.54) is 0 Å². The van der Waals surface area contributed by atoms with E-state index in [4.69, 9.17) is 9.26 Å². The van der Waals surface area contributed by atoms with Gasteiger partial charge in [0.1, 0.15) is 5.69 Å². The molecule has 23 heavy (non-hydrogen) atoms. The van der Waals surface area contributed by atoms with Crippen LogP contribution >= 0.6 is 0 Å². The summed E-state index contributed by atoms with van der Waals surface area (Å²) in [5, 5.41) is 4.99. The number of carbonyl (C=O) groups is 1. The van der Waals surface area contributed by atoms with Gasteiger partial charge in [-0.15, -0.1) is 0 Å². The van der Waals surface area contributed by atoms with Gasteiger partial charge in [-0.05, 0) is 25.1 Å². The number of hydrogen-bond acceptors (Lipinski definition) is 5. The molecule has 0 N–H and O–H groups in total. The highest BCUT2D eigenvalue weighted by molar-refractivity contribution is 5.86. The molecule has 1 aliphatic heterocycles. The first-order valence-corrected chi connectivity index (χ1v) is 8.10. The van der Waals surface area contributed by atoms with Crippen molar-refractivity contribution < 1.29 is 14.1 Å². The number of rotatable bonds is 5. The maximum Gasteiger partial charge on any atom is 0.228 e. The second-order valence-electron chi connectivity index (χ2n) is 5.87. The van der Waals surface area contributed by atoms with E-state index in [1.54, 1.807) is 7.11 Å². The second-order valence-corrected chi connectivity index (χ2v) is 5.87. The third kappa shape index (κ3) is 3.89. The molecule has 1 saturated heterocycles. The summed E-state index contributed by atoms with van der Waals surface area (Å²) in [5.74, 6) is 0.123. The first kappa shape index (κ1) is 16.0. The highest BCUT2D eigenvalue weighted by Crippen LogP contribution is 2.19. The third-order valence-corrected chi connectivity index (χ3v) is 4.32. The topological polar surface area (TPSA) is 58.8 Å². The minimum atomic E-state index is 0.123. The molecule has 1 amide bonds. The number of methoxy groups -OCH3 is 1. The van der Waals surface area contributed by atoms with Crippen molar-refractivity contribution in [2.24, 2.45) is 0 Å². The van der Waals surface area contributed by atoms with E-state index in [0.29, 0.717) is 6.42 Å². The summed E-state index contributed by atoms with van der Waals surface area (Å²) in [4.78, 5) is 16.9. The van der Waals surface area contributed by atoms with E-state index in [9.17, 15) is 4.79 Å². The van der Waals surface area contributed by atoms with Gasteiger partial charge in [-0.1, -0.05) is 17.3 Å². The SMILES string of the molecule is COCCN1CCCN(C(=O)Cc2noc3ccccc23)CC1. The molecule has 0 bridgehead atoms. The second kappa shape index (κ2) is 7.57. The number of hydrogen-bond donors (Lipinski definition) is 0. The molecule has 1 aromatic heterocycles. The van der Waals surface area contributed by atoms with Gasteiger partial charge in [0.2, 0.25) is 5.91 Å². The third-order valence-electron chi connectivity index (χ3n) is 4.32. The van der Waals surface area contributed by atoms with Crippen LogP contribution in [0.1, 0.15) is 12.1 Å². The minimum absolute atomic E-state index is 0.123. The van der Waals surface area contributed by atoms with Gasteiger partial charge >= 0.3 is 0 Å². The lowest BCUT2D eigenvalue weighted by Gasteiger charge is -2.21. The Kier molecular flexibility index (Phi) is 5.25. The van der Waals surface area contributed by atoms with Crippen molar-refractivity contribution >= 4 is 16.9 Å². The number of nitrogens with zero attached hydrogens (tertiary/aromatic N) is 3. The Morgan fingerprint density at radius 3 is 3.00 bits per heavy atom. The number of aromatic nitrogens is 1. The number of fused-ring (bicyclic) bond motifs is 1. The van der Waals surface area contributed by atoms with E-state index >= 15 is 0 Å². The highest BCUT2D eigenvalue weighted by atomic mass is 16.5. The minimum Gasteiger partial charge on any atom is -0.383 e. The number of amides is 1. The maximum atomic E-state index is 12.6. The predicted octanol–water partition coefficient (Wildman–Crippen LogP) is 1.55. The lowest BCUT2D eigenvalue weighted by Crippen LogP contribution is -2.36. The molecule has 1 aromatic carbocycles. The number of ether oxygens (including phenoxy) is 1. The lowest BCUT2D eigenvalue weighted by atomic mass is 10.1. The Labute approximate surface area is 136 Å². The summed E-state index contributed by atoms with van der Waals surface area (Å²) < 4.78 is 10.4. The van der Waals surface area contributed by atoms with Crippen molar-refractivity contribution in [3.8, 4) is 0 Å². The molecule has 1 fully saturated rings. The summed E-state index contributed by atoms with van der Waals surface area (Å²) in [7, 11) is 1.72. The van der Waals surface area contributed by atoms with Crippen LogP contribution in [0.5, 0.6) is 0 Å². The van der Waals surface area contributed by atoms with E-state index < -0.39 is 0 Å². The van der Waals surface area contributed by atoms with Crippen LogP contribution in [-0.4, -0.2) is 67.3 Å². The quantitative estimate of drug-likeness (QED) is 0.837. The normalized spacial score (nSPS) is 16.7. The Balaban J connectivity index is 1.60. The molecule has 6 nitrogen and oxygen atoms in total. The van der Waals surface area contributed by atoms with Crippen molar-refractivity contribution in [3.63, 3.8) is 0 Å². The molecule has 3 rings (SSSR count). The molecule has 0 saturated carbocycles. The van der Waals surface area contributed by atoms with Crippen molar-refractivity contribution in [3.05, 3.63) is 30.0 Å². The Hall–Kier alpha value is -1.92. The maximum absolute atomic E-state index is 12.6. The predicted molar refractivity (Wildman–Crippen MR) is 87.2 cm³/mol. The summed E-state index contributed by atoms with van der Waals surface area (Å²) in [6.07, 6.45) is 1.30. The average Bonchev–Trinajstić information content (AvgIpc) is 2.82. The first-order valence-electron chi connectivity index (χ1n) is 8.10. The highest BCUT2D eigenvalue weighted by Gasteiger charge is 2.21. The Morgan fingerprint density at radius 1 is 1.26 bits per heavy atom. The van der Waals surface area contributed by atoms with Gasteiger partial charge in [0.15, 0.2) is 5.58 Å². The average molecular weight is 317 g/mol. The van der Waals surface area contributed by atoms with E-state index in [2.05, 4.69) is 10.1 Å². The largest absolute Gasteiger partial charge is 0.383 e. The number of para-hydroxylation sites is 1. The summed E-state index contributed by atoms with van der Waals surface area (Å²) in [5.41, 5.74) is 1.46. The van der Waals surface area contributed by atoms with Gasteiger partial charge in [-0.25, -0.2) is 0 Å². The molecule has 124 valence electrons. The van der Waals surface area contributed by atoms with Gasteiger partial charge < -0.3 is 14.2 Å². The number of carbonyl (C=O) groups excluding carboxylic acids is 1. The van der Waals surface area contributed by atoms with Crippen molar-refractivity contribution in [1.82, 2.24) is 15.0 Å². The van der Waals surface area contributed by atoms with Crippen LogP contribution in [0.15, 0.2) is 28.8 Å². The fraction of sp³-hybridized carbons (Fsp3) is 0.529. The van der Waals surface area contributed by atoms with Crippen LogP contribution < -0.4 is 0 Å². The van der Waals surface area contributed by atoms with Crippen LogP contribution in [0, 0.1) is 0 Å². The molecule has 6 heteroatoms. The van der Waals surface area contributed by atoms with Crippen molar-refractivity contribution in [1.29, 1.82) is 0 Å². The van der Waals surface area contributed by atoms with Gasteiger partial charge in [0, 0.05) is 38.7 Å². The zero-order valence-electron chi connectivity index (χ0n) is 13.5. The molecule has 0 radical (unpaired) electrons. The van der Waals surface area contributed by atoms with E-state index in [0.717, 1.165) is 62.4 Å². The summed E-state index contributed by atoms with van der Waals surface area (Å²) in [6, 6.07) is 7.66. The molecule has 0 aliphatic carbocycles. The van der Waals surface area contributed by atoms with Crippen molar-refractivity contribution in [2.75, 3.05) is 46.4 Å². The zero-order chi connectivity index (χ0) is 16.1. The summed E-state index contributed by atoms with van der Waals surface area (Å²) in [6.45, 7) is 5.14. The molecule has 0 unspecified atom stereocenters. The monoisotopic (exact) mass is 317 g/mol. The zero-order valence-corrected chi connectivity index (χ0v) is 13.5. The standard InChI is InChI=1S/C17H23N3O3/c1-22-12-11-19-7-4-8-20(10-9-19)17(21)13-15-14-5-2-3-6-16(14)23-18-15/h2-3,5-6H,4,7-13H2,1H3. The van der Waals surface area contributed by atoms with Crippen LogP contribution in [-0.2, 0) is 16.0 Å². The molecular formula is C17H23N3O3. The lowest BCUT2D eigenvalue weighted by molar-refractivity contribution is -0.130.